The molecule has 1 aromatic rings. The summed E-state index contributed by atoms with van der Waals surface area (Å²) < 4.78 is 13.5. The fraction of sp³-hybridized carbons (Fsp3) is 0.533. The number of nitrogens with one attached hydrogen (secondary N) is 2. The Morgan fingerprint density at radius 3 is 2.82 bits per heavy atom. The lowest BCUT2D eigenvalue weighted by molar-refractivity contribution is -0.122. The Bertz CT molecular complexity index is 522. The van der Waals surface area contributed by atoms with Crippen molar-refractivity contribution in [1.82, 2.24) is 10.6 Å². The number of benzene rings is 1. The van der Waals surface area contributed by atoms with Crippen LogP contribution >= 0.6 is 35.6 Å². The van der Waals surface area contributed by atoms with Crippen molar-refractivity contribution >= 4 is 41.5 Å². The van der Waals surface area contributed by atoms with Crippen molar-refractivity contribution in [2.45, 2.75) is 32.2 Å². The SMILES string of the molecule is CC(NC(=O)CCC1CCNC1)c1cc(F)c(Cl)cc1Cl.Cl. The highest BCUT2D eigenvalue weighted by Gasteiger charge is 2.18. The van der Waals surface area contributed by atoms with E-state index in [2.05, 4.69) is 10.6 Å². The zero-order valence-electron chi connectivity index (χ0n) is 12.3. The Kier molecular flexibility index (Phi) is 7.90. The minimum Gasteiger partial charge on any atom is -0.350 e. The van der Waals surface area contributed by atoms with Crippen molar-refractivity contribution in [2.75, 3.05) is 13.1 Å². The lowest BCUT2D eigenvalue weighted by atomic mass is 10.0. The molecule has 2 N–H and O–H groups in total. The Morgan fingerprint density at radius 1 is 1.45 bits per heavy atom. The predicted molar refractivity (Wildman–Crippen MR) is 90.4 cm³/mol. The molecule has 1 saturated heterocycles. The largest absolute Gasteiger partial charge is 0.350 e. The molecule has 0 saturated carbocycles. The van der Waals surface area contributed by atoms with Gasteiger partial charge in [-0.15, -0.1) is 12.4 Å². The number of hydrogen-bond acceptors (Lipinski definition) is 2. The van der Waals surface area contributed by atoms with Gasteiger partial charge in [0.25, 0.3) is 0 Å². The van der Waals surface area contributed by atoms with Gasteiger partial charge < -0.3 is 10.6 Å². The molecule has 2 atom stereocenters. The molecular formula is C15H20Cl3FN2O. The number of hydrogen-bond donors (Lipinski definition) is 2. The molecule has 124 valence electrons. The van der Waals surface area contributed by atoms with E-state index in [1.54, 1.807) is 6.92 Å². The molecule has 0 radical (unpaired) electrons. The Morgan fingerprint density at radius 2 is 2.18 bits per heavy atom. The molecule has 0 bridgehead atoms. The summed E-state index contributed by atoms with van der Waals surface area (Å²) in [6.07, 6.45) is 2.47. The van der Waals surface area contributed by atoms with Gasteiger partial charge in [0, 0.05) is 11.4 Å². The van der Waals surface area contributed by atoms with Crippen LogP contribution < -0.4 is 10.6 Å². The summed E-state index contributed by atoms with van der Waals surface area (Å²) in [6.45, 7) is 3.79. The highest BCUT2D eigenvalue weighted by atomic mass is 35.5. The smallest absolute Gasteiger partial charge is 0.220 e. The maximum Gasteiger partial charge on any atom is 0.220 e. The van der Waals surface area contributed by atoms with Crippen LogP contribution in [0.25, 0.3) is 0 Å². The average molecular weight is 370 g/mol. The number of halogens is 4. The number of amides is 1. The summed E-state index contributed by atoms with van der Waals surface area (Å²) in [6, 6.07) is 2.29. The summed E-state index contributed by atoms with van der Waals surface area (Å²) >= 11 is 11.7. The first-order valence-corrected chi connectivity index (χ1v) is 7.87. The van der Waals surface area contributed by atoms with Gasteiger partial charge in [-0.3, -0.25) is 4.79 Å². The second-order valence-electron chi connectivity index (χ2n) is 5.47. The summed E-state index contributed by atoms with van der Waals surface area (Å²) in [7, 11) is 0. The zero-order valence-corrected chi connectivity index (χ0v) is 14.6. The van der Waals surface area contributed by atoms with E-state index >= 15 is 0 Å². The number of rotatable bonds is 5. The highest BCUT2D eigenvalue weighted by Crippen LogP contribution is 2.28. The Labute approximate surface area is 146 Å². The van der Waals surface area contributed by atoms with E-state index in [1.165, 1.54) is 12.1 Å². The molecule has 7 heteroatoms. The molecule has 0 aromatic heterocycles. The number of carbonyl (C=O) groups is 1. The van der Waals surface area contributed by atoms with E-state index in [0.717, 1.165) is 25.9 Å². The second-order valence-corrected chi connectivity index (χ2v) is 6.29. The summed E-state index contributed by atoms with van der Waals surface area (Å²) in [4.78, 5) is 12.0. The molecule has 3 nitrogen and oxygen atoms in total. The fourth-order valence-electron chi connectivity index (χ4n) is 2.56. The Balaban J connectivity index is 0.00000242. The van der Waals surface area contributed by atoms with Gasteiger partial charge >= 0.3 is 0 Å². The molecule has 1 heterocycles. The third kappa shape index (κ3) is 5.27. The van der Waals surface area contributed by atoms with Crippen molar-refractivity contribution in [3.05, 3.63) is 33.6 Å². The number of carbonyl (C=O) groups excluding carboxylic acids is 1. The van der Waals surface area contributed by atoms with E-state index in [4.69, 9.17) is 23.2 Å². The molecule has 2 rings (SSSR count). The van der Waals surface area contributed by atoms with Gasteiger partial charge in [-0.1, -0.05) is 23.2 Å². The standard InChI is InChI=1S/C15H19Cl2FN2O.ClH/c1-9(11-6-14(18)13(17)7-12(11)16)20-15(21)3-2-10-4-5-19-8-10;/h6-7,9-10,19H,2-5,8H2,1H3,(H,20,21);1H. The van der Waals surface area contributed by atoms with Gasteiger partial charge in [0.2, 0.25) is 5.91 Å². The van der Waals surface area contributed by atoms with Gasteiger partial charge in [-0.05, 0) is 56.5 Å². The average Bonchev–Trinajstić information content (AvgIpc) is 2.93. The molecule has 2 unspecified atom stereocenters. The molecule has 1 aliphatic rings. The van der Waals surface area contributed by atoms with Crippen molar-refractivity contribution in [3.8, 4) is 0 Å². The first-order valence-electron chi connectivity index (χ1n) is 7.12. The second kappa shape index (κ2) is 8.92. The molecule has 1 fully saturated rings. The molecule has 0 aliphatic carbocycles. The molecule has 1 amide bonds. The van der Waals surface area contributed by atoms with Crippen LogP contribution in [0, 0.1) is 11.7 Å². The first-order chi connectivity index (χ1) is 9.97. The third-order valence-corrected chi connectivity index (χ3v) is 4.44. The van der Waals surface area contributed by atoms with Crippen LogP contribution in [-0.4, -0.2) is 19.0 Å². The quantitative estimate of drug-likeness (QED) is 0.767. The molecular weight excluding hydrogens is 350 g/mol. The van der Waals surface area contributed by atoms with Crippen LogP contribution in [-0.2, 0) is 4.79 Å². The summed E-state index contributed by atoms with van der Waals surface area (Å²) in [5, 5.41) is 6.47. The van der Waals surface area contributed by atoms with Crippen molar-refractivity contribution in [3.63, 3.8) is 0 Å². The van der Waals surface area contributed by atoms with Crippen LogP contribution in [0.4, 0.5) is 4.39 Å². The van der Waals surface area contributed by atoms with Crippen LogP contribution in [0.5, 0.6) is 0 Å². The molecule has 0 spiro atoms. The summed E-state index contributed by atoms with van der Waals surface area (Å²) in [5.74, 6) is -0.00218. The van der Waals surface area contributed by atoms with Gasteiger partial charge in [-0.25, -0.2) is 4.39 Å². The molecule has 1 aliphatic heterocycles. The highest BCUT2D eigenvalue weighted by molar-refractivity contribution is 6.35. The maximum atomic E-state index is 13.5. The van der Waals surface area contributed by atoms with Gasteiger partial charge in [0.15, 0.2) is 0 Å². The van der Waals surface area contributed by atoms with Crippen molar-refractivity contribution in [1.29, 1.82) is 0 Å². The fourth-order valence-corrected chi connectivity index (χ4v) is 3.10. The van der Waals surface area contributed by atoms with E-state index in [1.807, 2.05) is 0 Å². The minimum absolute atomic E-state index is 0. The van der Waals surface area contributed by atoms with Crippen molar-refractivity contribution < 1.29 is 9.18 Å². The summed E-state index contributed by atoms with van der Waals surface area (Å²) in [5.41, 5.74) is 0.537. The van der Waals surface area contributed by atoms with E-state index < -0.39 is 5.82 Å². The lowest BCUT2D eigenvalue weighted by Crippen LogP contribution is -2.27. The third-order valence-electron chi connectivity index (χ3n) is 3.83. The molecule has 1 aromatic carbocycles. The van der Waals surface area contributed by atoms with E-state index in [0.29, 0.717) is 22.9 Å². The maximum absolute atomic E-state index is 13.5. The first kappa shape index (κ1) is 19.5. The van der Waals surface area contributed by atoms with Gasteiger partial charge in [-0.2, -0.15) is 0 Å². The van der Waals surface area contributed by atoms with Crippen LogP contribution in [0.15, 0.2) is 12.1 Å². The van der Waals surface area contributed by atoms with Crippen LogP contribution in [0.3, 0.4) is 0 Å². The normalized spacial score (nSPS) is 18.6. The van der Waals surface area contributed by atoms with E-state index in [-0.39, 0.29) is 29.4 Å². The Hall–Kier alpha value is -0.550. The van der Waals surface area contributed by atoms with E-state index in [9.17, 15) is 9.18 Å². The van der Waals surface area contributed by atoms with Gasteiger partial charge in [0.1, 0.15) is 5.82 Å². The lowest BCUT2D eigenvalue weighted by Gasteiger charge is -2.17. The zero-order chi connectivity index (χ0) is 15.4. The minimum atomic E-state index is -0.533. The van der Waals surface area contributed by atoms with Crippen LogP contribution in [0.1, 0.15) is 37.8 Å². The predicted octanol–water partition coefficient (Wildman–Crippen LogP) is 4.12. The van der Waals surface area contributed by atoms with Crippen LogP contribution in [0.2, 0.25) is 10.0 Å². The topological polar surface area (TPSA) is 41.1 Å². The van der Waals surface area contributed by atoms with Crippen molar-refractivity contribution in [2.24, 2.45) is 5.92 Å². The monoisotopic (exact) mass is 368 g/mol. The van der Waals surface area contributed by atoms with Gasteiger partial charge in [0.05, 0.1) is 11.1 Å². The molecule has 22 heavy (non-hydrogen) atoms.